The van der Waals surface area contributed by atoms with Crippen LogP contribution in [0.5, 0.6) is 0 Å². The number of fused-ring (bicyclic) bond motifs is 2. The number of carbonyl (C=O) groups is 4. The Morgan fingerprint density at radius 1 is 0.594 bits per heavy atom. The Balaban J connectivity index is 0.980. The predicted molar refractivity (Wildman–Crippen MR) is 244 cm³/mol. The lowest BCUT2D eigenvalue weighted by atomic mass is 10.0. The van der Waals surface area contributed by atoms with Gasteiger partial charge in [-0.25, -0.2) is 27.9 Å². The molecular formula is C50H34F3N7O9. The van der Waals surface area contributed by atoms with Crippen molar-refractivity contribution in [3.63, 3.8) is 0 Å². The molecule has 1 atom stereocenters. The van der Waals surface area contributed by atoms with Crippen molar-refractivity contribution < 1.29 is 45.9 Å². The van der Waals surface area contributed by atoms with Gasteiger partial charge in [0.25, 0.3) is 28.8 Å². The van der Waals surface area contributed by atoms with Crippen molar-refractivity contribution in [2.24, 2.45) is 0 Å². The third kappa shape index (κ3) is 8.86. The minimum Gasteiger partial charge on any atom is -0.458 e. The highest BCUT2D eigenvalue weighted by Crippen LogP contribution is 2.36. The van der Waals surface area contributed by atoms with E-state index in [0.717, 1.165) is 39.9 Å². The van der Waals surface area contributed by atoms with E-state index < -0.39 is 64.9 Å². The number of hydrogen-bond donors (Lipinski definition) is 3. The summed E-state index contributed by atoms with van der Waals surface area (Å²) in [5.74, 6) is -4.09. The van der Waals surface area contributed by atoms with E-state index in [1.807, 2.05) is 0 Å². The lowest BCUT2D eigenvalue weighted by Gasteiger charge is -2.19. The fourth-order valence-corrected chi connectivity index (χ4v) is 7.60. The molecule has 69 heavy (non-hydrogen) atoms. The summed E-state index contributed by atoms with van der Waals surface area (Å²) in [4.78, 5) is 88.3. The van der Waals surface area contributed by atoms with Crippen LogP contribution in [0.1, 0.15) is 53.3 Å². The average Bonchev–Trinajstić information content (AvgIpc) is 3.94. The van der Waals surface area contributed by atoms with Gasteiger partial charge in [-0.05, 0) is 103 Å². The minimum atomic E-state index is -1.13. The molecule has 0 saturated heterocycles. The molecule has 4 heterocycles. The molecule has 0 bridgehead atoms. The lowest BCUT2D eigenvalue weighted by molar-refractivity contribution is 0.0447. The number of rotatable bonds is 12. The molecule has 9 aromatic rings. The Bertz CT molecular complexity index is 3620. The summed E-state index contributed by atoms with van der Waals surface area (Å²) in [5.41, 5.74) is 0.559. The molecule has 0 aliphatic heterocycles. The highest BCUT2D eigenvalue weighted by Gasteiger charge is 2.26. The Kier molecular flexibility index (Phi) is 12.0. The monoisotopic (exact) mass is 933 g/mol. The number of esters is 1. The number of nitrogens with one attached hydrogen (secondary N) is 3. The van der Waals surface area contributed by atoms with Crippen LogP contribution in [-0.4, -0.2) is 63.5 Å². The molecule has 344 valence electrons. The number of nitrogens with zero attached hydrogens (tertiary/aromatic N) is 4. The Morgan fingerprint density at radius 2 is 1.03 bits per heavy atom. The number of aromatic nitrogens is 4. The van der Waals surface area contributed by atoms with Crippen LogP contribution in [0.15, 0.2) is 152 Å². The minimum absolute atomic E-state index is 0.121. The molecule has 0 saturated carbocycles. The third-order valence-corrected chi connectivity index (χ3v) is 11.0. The number of furan rings is 2. The molecule has 9 rings (SSSR count). The van der Waals surface area contributed by atoms with Gasteiger partial charge in [-0.1, -0.05) is 12.1 Å². The van der Waals surface area contributed by atoms with E-state index in [1.54, 1.807) is 0 Å². The van der Waals surface area contributed by atoms with Crippen LogP contribution in [-0.2, 0) is 4.74 Å². The van der Waals surface area contributed by atoms with E-state index in [0.29, 0.717) is 27.5 Å². The Morgan fingerprint density at radius 3 is 1.49 bits per heavy atom. The van der Waals surface area contributed by atoms with Crippen LogP contribution in [0.25, 0.3) is 56.0 Å². The first-order valence-electron chi connectivity index (χ1n) is 20.8. The van der Waals surface area contributed by atoms with Gasteiger partial charge in [0, 0.05) is 59.8 Å². The van der Waals surface area contributed by atoms with Gasteiger partial charge in [-0.3, -0.25) is 33.1 Å². The Hall–Kier alpha value is -9.39. The number of hydrogen-bond acceptors (Lipinski definition) is 11. The number of halogens is 3. The summed E-state index contributed by atoms with van der Waals surface area (Å²) in [7, 11) is 2.86. The maximum Gasteiger partial charge on any atom is 0.358 e. The van der Waals surface area contributed by atoms with Gasteiger partial charge in [-0.2, -0.15) is 0 Å². The quantitative estimate of drug-likeness (QED) is 0.106. The number of carbonyl (C=O) groups excluding carboxylic acids is 4. The van der Waals surface area contributed by atoms with E-state index in [9.17, 15) is 41.9 Å². The maximum atomic E-state index is 14.1. The zero-order chi connectivity index (χ0) is 48.5. The highest BCUT2D eigenvalue weighted by molar-refractivity contribution is 6.12. The molecule has 0 fully saturated rings. The van der Waals surface area contributed by atoms with Gasteiger partial charge in [0.05, 0.1) is 29.6 Å². The number of benzene rings is 5. The molecule has 4 aromatic heterocycles. The maximum absolute atomic E-state index is 14.1. The SMILES string of the molecule is CNC(=O)c1c(-c2ccc(F)cc2)oc2ccc(-n3cc(C(=O)N[C@H](COC(=O)c4cn(-c5ccc6oc(-c7ccc(F)cc7)c(C(=O)NC)c6c5)c(=O)cn4)c4ccc(F)cc4)ncc3=O)cc12. The second-order valence-corrected chi connectivity index (χ2v) is 15.3. The van der Waals surface area contributed by atoms with Gasteiger partial charge in [0.15, 0.2) is 5.69 Å². The fraction of sp³-hybridized carbons (Fsp3) is 0.0800. The van der Waals surface area contributed by atoms with Crippen molar-refractivity contribution >= 4 is 45.6 Å². The largest absolute Gasteiger partial charge is 0.458 e. The molecule has 5 aromatic carbocycles. The highest BCUT2D eigenvalue weighted by atomic mass is 19.1. The number of amides is 3. The van der Waals surface area contributed by atoms with E-state index in [1.165, 1.54) is 117 Å². The molecule has 0 unspecified atom stereocenters. The van der Waals surface area contributed by atoms with Gasteiger partial charge >= 0.3 is 5.97 Å². The fourth-order valence-electron chi connectivity index (χ4n) is 7.60. The summed E-state index contributed by atoms with van der Waals surface area (Å²) in [6.45, 7) is -0.533. The first-order chi connectivity index (χ1) is 33.3. The van der Waals surface area contributed by atoms with Crippen molar-refractivity contribution in [1.29, 1.82) is 0 Å². The van der Waals surface area contributed by atoms with Crippen LogP contribution >= 0.6 is 0 Å². The van der Waals surface area contributed by atoms with Crippen LogP contribution in [0.4, 0.5) is 13.2 Å². The van der Waals surface area contributed by atoms with E-state index in [4.69, 9.17) is 13.6 Å². The molecule has 16 nitrogen and oxygen atoms in total. The van der Waals surface area contributed by atoms with Crippen molar-refractivity contribution in [3.8, 4) is 34.0 Å². The standard InChI is InChI=1S/C50H34F3N7O9/c1-54-48(64)43-34-19-32(15-17-39(34)68-45(43)27-5-11-30(52)12-6-27)59-23-36(56-21-41(59)61)47(63)58-38(26-3-9-29(51)10-4-26)25-67-50(66)37-24-60(42(62)22-57-37)33-16-18-40-35(20-33)44(49(65)55-2)46(69-40)28-7-13-31(53)14-8-28/h3-24,38H,25H2,1-2H3,(H,54,64)(H,55,65)(H,58,63)/t38-/m1/s1. The van der Waals surface area contributed by atoms with Crippen molar-refractivity contribution in [1.82, 2.24) is 35.1 Å². The topological polar surface area (TPSA) is 210 Å². The first kappa shape index (κ1) is 44.8. The Labute approximate surface area is 386 Å². The lowest BCUT2D eigenvalue weighted by Crippen LogP contribution is -2.34. The number of ether oxygens (including phenoxy) is 1. The van der Waals surface area contributed by atoms with Gasteiger partial charge < -0.3 is 29.5 Å². The average molecular weight is 934 g/mol. The van der Waals surface area contributed by atoms with Crippen molar-refractivity contribution in [2.45, 2.75) is 6.04 Å². The third-order valence-electron chi connectivity index (χ3n) is 11.0. The van der Waals surface area contributed by atoms with Crippen LogP contribution < -0.4 is 27.1 Å². The van der Waals surface area contributed by atoms with E-state index in [2.05, 4.69) is 25.9 Å². The zero-order valence-corrected chi connectivity index (χ0v) is 36.1. The first-order valence-corrected chi connectivity index (χ1v) is 20.8. The smallest absolute Gasteiger partial charge is 0.358 e. The predicted octanol–water partition coefficient (Wildman–Crippen LogP) is 7.07. The summed E-state index contributed by atoms with van der Waals surface area (Å²) in [6, 6.07) is 23.7. The molecular weight excluding hydrogens is 900 g/mol. The molecule has 0 radical (unpaired) electrons. The van der Waals surface area contributed by atoms with E-state index >= 15 is 0 Å². The molecule has 19 heteroatoms. The zero-order valence-electron chi connectivity index (χ0n) is 36.1. The normalized spacial score (nSPS) is 11.6. The van der Waals surface area contributed by atoms with Gasteiger partial charge in [0.1, 0.15) is 52.4 Å². The molecule has 3 amide bonds. The second-order valence-electron chi connectivity index (χ2n) is 15.3. The van der Waals surface area contributed by atoms with Crippen LogP contribution in [0.3, 0.4) is 0 Å². The van der Waals surface area contributed by atoms with Crippen LogP contribution in [0, 0.1) is 17.5 Å². The summed E-state index contributed by atoms with van der Waals surface area (Å²) in [6.07, 6.45) is 4.11. The van der Waals surface area contributed by atoms with Crippen molar-refractivity contribution in [2.75, 3.05) is 20.7 Å². The summed E-state index contributed by atoms with van der Waals surface area (Å²) >= 11 is 0. The van der Waals surface area contributed by atoms with Crippen molar-refractivity contribution in [3.05, 3.63) is 200 Å². The van der Waals surface area contributed by atoms with Gasteiger partial charge in [0.2, 0.25) is 0 Å². The van der Waals surface area contributed by atoms with Gasteiger partial charge in [-0.15, -0.1) is 0 Å². The molecule has 0 aliphatic carbocycles. The second kappa shape index (κ2) is 18.5. The van der Waals surface area contributed by atoms with E-state index in [-0.39, 0.29) is 56.6 Å². The molecule has 0 spiro atoms. The summed E-state index contributed by atoms with van der Waals surface area (Å²) in [5, 5.41) is 8.48. The molecule has 3 N–H and O–H groups in total. The molecule has 0 aliphatic rings. The van der Waals surface area contributed by atoms with Crippen LogP contribution in [0.2, 0.25) is 0 Å². The summed E-state index contributed by atoms with van der Waals surface area (Å²) < 4.78 is 61.4.